The minimum Gasteiger partial charge on any atom is -0.377 e. The maximum absolute atomic E-state index is 11.9. The fourth-order valence-corrected chi connectivity index (χ4v) is 2.31. The second-order valence-electron chi connectivity index (χ2n) is 5.09. The molecule has 0 bridgehead atoms. The van der Waals surface area contributed by atoms with E-state index in [9.17, 15) is 4.79 Å². The number of benzene rings is 2. The van der Waals surface area contributed by atoms with E-state index in [1.165, 1.54) is 11.1 Å². The van der Waals surface area contributed by atoms with Crippen molar-refractivity contribution in [1.29, 1.82) is 0 Å². The number of methoxy groups -OCH3 is 1. The van der Waals surface area contributed by atoms with Crippen molar-refractivity contribution in [3.8, 4) is 0 Å². The molecule has 0 N–H and O–H groups in total. The number of ketones is 1. The van der Waals surface area contributed by atoms with Gasteiger partial charge in [0.15, 0.2) is 5.78 Å². The van der Waals surface area contributed by atoms with Crippen LogP contribution in [0, 0.1) is 0 Å². The normalized spacial score (nSPS) is 10.8. The van der Waals surface area contributed by atoms with Crippen LogP contribution in [0.5, 0.6) is 0 Å². The molecule has 0 fully saturated rings. The van der Waals surface area contributed by atoms with Crippen LogP contribution >= 0.6 is 0 Å². The molecule has 3 nitrogen and oxygen atoms in total. The van der Waals surface area contributed by atoms with Crippen LogP contribution in [0.1, 0.15) is 11.1 Å². The van der Waals surface area contributed by atoms with Crippen molar-refractivity contribution in [2.45, 2.75) is 13.1 Å². The largest absolute Gasteiger partial charge is 0.377 e. The van der Waals surface area contributed by atoms with Gasteiger partial charge < -0.3 is 4.74 Å². The predicted molar refractivity (Wildman–Crippen MR) is 83.9 cm³/mol. The first-order chi connectivity index (χ1) is 10.3. The Morgan fingerprint density at radius 3 is 1.81 bits per heavy atom. The van der Waals surface area contributed by atoms with Crippen LogP contribution in [0.15, 0.2) is 60.7 Å². The first-order valence-electron chi connectivity index (χ1n) is 7.09. The summed E-state index contributed by atoms with van der Waals surface area (Å²) < 4.78 is 4.93. The van der Waals surface area contributed by atoms with Gasteiger partial charge in [0.25, 0.3) is 0 Å². The number of Topliss-reactive ketones (excluding diaryl/α,β-unsaturated/α-hetero) is 1. The monoisotopic (exact) mass is 283 g/mol. The van der Waals surface area contributed by atoms with E-state index in [0.29, 0.717) is 6.54 Å². The minimum absolute atomic E-state index is 0.101. The van der Waals surface area contributed by atoms with Crippen LogP contribution in [0.25, 0.3) is 0 Å². The highest BCUT2D eigenvalue weighted by atomic mass is 16.5. The summed E-state index contributed by atoms with van der Waals surface area (Å²) in [7, 11) is 1.55. The fraction of sp³-hybridized carbons (Fsp3) is 0.278. The summed E-state index contributed by atoms with van der Waals surface area (Å²) in [5.74, 6) is 0.101. The van der Waals surface area contributed by atoms with Crippen LogP contribution in [-0.2, 0) is 22.6 Å². The van der Waals surface area contributed by atoms with Crippen molar-refractivity contribution in [1.82, 2.24) is 4.90 Å². The molecule has 0 aromatic heterocycles. The predicted octanol–water partition coefficient (Wildman–Crippen LogP) is 2.90. The highest BCUT2D eigenvalue weighted by molar-refractivity contribution is 5.81. The molecule has 2 aromatic rings. The molecule has 3 heteroatoms. The van der Waals surface area contributed by atoms with Crippen molar-refractivity contribution >= 4 is 5.78 Å². The molecule has 0 amide bonds. The summed E-state index contributed by atoms with van der Waals surface area (Å²) in [5.41, 5.74) is 2.41. The SMILES string of the molecule is COCC(=O)CN(Cc1ccccc1)Cc1ccccc1. The summed E-state index contributed by atoms with van der Waals surface area (Å²) in [6.45, 7) is 2.08. The summed E-state index contributed by atoms with van der Waals surface area (Å²) in [4.78, 5) is 14.0. The van der Waals surface area contributed by atoms with Gasteiger partial charge in [-0.05, 0) is 11.1 Å². The highest BCUT2D eigenvalue weighted by Gasteiger charge is 2.12. The van der Waals surface area contributed by atoms with E-state index >= 15 is 0 Å². The number of ether oxygens (including phenoxy) is 1. The molecule has 0 saturated heterocycles. The summed E-state index contributed by atoms with van der Waals surface area (Å²) >= 11 is 0. The van der Waals surface area contributed by atoms with Gasteiger partial charge in [-0.1, -0.05) is 60.7 Å². The third kappa shape index (κ3) is 5.50. The van der Waals surface area contributed by atoms with Gasteiger partial charge >= 0.3 is 0 Å². The number of hydrogen-bond acceptors (Lipinski definition) is 3. The summed E-state index contributed by atoms with van der Waals surface area (Å²) in [6.07, 6.45) is 0. The second kappa shape index (κ2) is 8.35. The number of rotatable bonds is 8. The second-order valence-corrected chi connectivity index (χ2v) is 5.09. The third-order valence-corrected chi connectivity index (χ3v) is 3.20. The molecule has 2 aromatic carbocycles. The molecular formula is C18H21NO2. The number of carbonyl (C=O) groups is 1. The van der Waals surface area contributed by atoms with Crippen LogP contribution in [0.4, 0.5) is 0 Å². The molecule has 21 heavy (non-hydrogen) atoms. The summed E-state index contributed by atoms with van der Waals surface area (Å²) in [6, 6.07) is 20.4. The van der Waals surface area contributed by atoms with Gasteiger partial charge in [0.1, 0.15) is 6.61 Å². The standard InChI is InChI=1S/C18H21NO2/c1-21-15-18(20)14-19(12-16-8-4-2-5-9-16)13-17-10-6-3-7-11-17/h2-11H,12-15H2,1H3. The molecule has 0 aliphatic rings. The van der Waals surface area contributed by atoms with E-state index in [4.69, 9.17) is 4.74 Å². The van der Waals surface area contributed by atoms with Crippen molar-refractivity contribution in [2.24, 2.45) is 0 Å². The first-order valence-corrected chi connectivity index (χ1v) is 7.09. The molecule has 110 valence electrons. The van der Waals surface area contributed by atoms with Gasteiger partial charge in [-0.2, -0.15) is 0 Å². The van der Waals surface area contributed by atoms with E-state index < -0.39 is 0 Å². The van der Waals surface area contributed by atoms with E-state index in [1.54, 1.807) is 7.11 Å². The molecule has 0 radical (unpaired) electrons. The van der Waals surface area contributed by atoms with Crippen LogP contribution in [0.3, 0.4) is 0 Å². The van der Waals surface area contributed by atoms with Gasteiger partial charge in [0.05, 0.1) is 6.54 Å². The Kier molecular flexibility index (Phi) is 6.13. The van der Waals surface area contributed by atoms with Crippen molar-refractivity contribution in [2.75, 3.05) is 20.3 Å². The van der Waals surface area contributed by atoms with Crippen LogP contribution in [-0.4, -0.2) is 30.9 Å². The molecule has 0 unspecified atom stereocenters. The summed E-state index contributed by atoms with van der Waals surface area (Å²) in [5, 5.41) is 0. The van der Waals surface area contributed by atoms with E-state index in [2.05, 4.69) is 29.2 Å². The number of carbonyl (C=O) groups excluding carboxylic acids is 1. The molecule has 0 saturated carbocycles. The van der Waals surface area contributed by atoms with Gasteiger partial charge in [0, 0.05) is 20.2 Å². The average Bonchev–Trinajstić information content (AvgIpc) is 2.49. The molecule has 0 aliphatic carbocycles. The minimum atomic E-state index is 0.101. The molecule has 0 spiro atoms. The lowest BCUT2D eigenvalue weighted by atomic mass is 10.1. The molecule has 0 aliphatic heterocycles. The molecule has 0 atom stereocenters. The van der Waals surface area contributed by atoms with Crippen LogP contribution < -0.4 is 0 Å². The van der Waals surface area contributed by atoms with Gasteiger partial charge in [0.2, 0.25) is 0 Å². The van der Waals surface area contributed by atoms with Gasteiger partial charge in [-0.3, -0.25) is 9.69 Å². The maximum atomic E-state index is 11.9. The van der Waals surface area contributed by atoms with Crippen molar-refractivity contribution in [3.63, 3.8) is 0 Å². The van der Waals surface area contributed by atoms with Crippen LogP contribution in [0.2, 0.25) is 0 Å². The lowest BCUT2D eigenvalue weighted by Crippen LogP contribution is -2.31. The average molecular weight is 283 g/mol. The van der Waals surface area contributed by atoms with Gasteiger partial charge in [-0.15, -0.1) is 0 Å². The molecular weight excluding hydrogens is 262 g/mol. The Morgan fingerprint density at radius 1 is 0.905 bits per heavy atom. The van der Waals surface area contributed by atoms with Gasteiger partial charge in [-0.25, -0.2) is 0 Å². The van der Waals surface area contributed by atoms with E-state index in [-0.39, 0.29) is 12.4 Å². The Balaban J connectivity index is 2.04. The van der Waals surface area contributed by atoms with E-state index in [0.717, 1.165) is 13.1 Å². The quantitative estimate of drug-likeness (QED) is 0.746. The number of hydrogen-bond donors (Lipinski definition) is 0. The highest BCUT2D eigenvalue weighted by Crippen LogP contribution is 2.10. The lowest BCUT2D eigenvalue weighted by molar-refractivity contribution is -0.124. The Bertz CT molecular complexity index is 498. The van der Waals surface area contributed by atoms with E-state index in [1.807, 2.05) is 36.4 Å². The maximum Gasteiger partial charge on any atom is 0.172 e. The zero-order valence-electron chi connectivity index (χ0n) is 12.4. The third-order valence-electron chi connectivity index (χ3n) is 3.20. The lowest BCUT2D eigenvalue weighted by Gasteiger charge is -2.21. The first kappa shape index (κ1) is 15.4. The Labute approximate surface area is 126 Å². The molecule has 0 heterocycles. The Hall–Kier alpha value is -1.97. The zero-order chi connectivity index (χ0) is 14.9. The number of nitrogens with zero attached hydrogens (tertiary/aromatic N) is 1. The fourth-order valence-electron chi connectivity index (χ4n) is 2.31. The van der Waals surface area contributed by atoms with Crippen molar-refractivity contribution in [3.05, 3.63) is 71.8 Å². The smallest absolute Gasteiger partial charge is 0.172 e. The molecule has 2 rings (SSSR count). The zero-order valence-corrected chi connectivity index (χ0v) is 12.4. The van der Waals surface area contributed by atoms with Crippen molar-refractivity contribution < 1.29 is 9.53 Å². The Morgan fingerprint density at radius 2 is 1.38 bits per heavy atom. The topological polar surface area (TPSA) is 29.5 Å².